The van der Waals surface area contributed by atoms with Crippen molar-refractivity contribution in [1.29, 1.82) is 0 Å². The Bertz CT molecular complexity index is 548. The van der Waals surface area contributed by atoms with E-state index in [0.29, 0.717) is 31.9 Å². The van der Waals surface area contributed by atoms with Crippen LogP contribution in [0.2, 0.25) is 0 Å². The minimum Gasteiger partial charge on any atom is -0.459 e. The molecule has 4 amide bonds. The van der Waals surface area contributed by atoms with E-state index in [4.69, 9.17) is 4.42 Å². The van der Waals surface area contributed by atoms with Gasteiger partial charge in [-0.15, -0.1) is 0 Å². The van der Waals surface area contributed by atoms with E-state index in [1.165, 1.54) is 6.26 Å². The first-order valence-electron chi connectivity index (χ1n) is 7.61. The summed E-state index contributed by atoms with van der Waals surface area (Å²) in [5, 5.41) is 4.88. The maximum Gasteiger partial charge on any atom is 0.321 e. The largest absolute Gasteiger partial charge is 0.459 e. The lowest BCUT2D eigenvalue weighted by atomic mass is 10.3. The minimum atomic E-state index is -0.489. The van der Waals surface area contributed by atoms with Gasteiger partial charge in [-0.25, -0.2) is 4.79 Å². The molecule has 1 fully saturated rings. The van der Waals surface area contributed by atoms with Crippen molar-refractivity contribution < 1.29 is 18.8 Å². The smallest absolute Gasteiger partial charge is 0.321 e. The van der Waals surface area contributed by atoms with E-state index >= 15 is 0 Å². The molecular formula is C15H22N4O4. The van der Waals surface area contributed by atoms with Gasteiger partial charge in [-0.3, -0.25) is 19.8 Å². The minimum absolute atomic E-state index is 0.0287. The summed E-state index contributed by atoms with van der Waals surface area (Å²) in [5.41, 5.74) is 0. The van der Waals surface area contributed by atoms with Crippen LogP contribution in [0, 0.1) is 0 Å². The molecule has 0 unspecified atom stereocenters. The maximum atomic E-state index is 12.1. The molecule has 2 rings (SSSR count). The van der Waals surface area contributed by atoms with Gasteiger partial charge in [0, 0.05) is 32.2 Å². The van der Waals surface area contributed by atoms with Crippen molar-refractivity contribution in [2.75, 3.05) is 32.7 Å². The van der Waals surface area contributed by atoms with Crippen molar-refractivity contribution in [3.63, 3.8) is 0 Å². The Morgan fingerprint density at radius 2 is 1.91 bits per heavy atom. The predicted octanol–water partition coefficient (Wildman–Crippen LogP) is 0.272. The van der Waals surface area contributed by atoms with Gasteiger partial charge in [0.25, 0.3) is 5.91 Å². The van der Waals surface area contributed by atoms with E-state index in [-0.39, 0.29) is 24.4 Å². The van der Waals surface area contributed by atoms with Gasteiger partial charge in [-0.05, 0) is 26.0 Å². The number of imide groups is 1. The molecule has 1 aliphatic heterocycles. The number of carbonyl (C=O) groups is 3. The molecule has 0 saturated carbocycles. The van der Waals surface area contributed by atoms with Gasteiger partial charge in [-0.1, -0.05) is 0 Å². The van der Waals surface area contributed by atoms with Gasteiger partial charge in [0.05, 0.1) is 12.8 Å². The average molecular weight is 322 g/mol. The highest BCUT2D eigenvalue weighted by molar-refractivity contribution is 5.95. The molecule has 0 atom stereocenters. The number of hydrogen-bond donors (Lipinski definition) is 2. The Balaban J connectivity index is 1.73. The summed E-state index contributed by atoms with van der Waals surface area (Å²) in [6.45, 7) is 5.96. The Kier molecular flexibility index (Phi) is 5.75. The van der Waals surface area contributed by atoms with Crippen LogP contribution in [0.1, 0.15) is 24.4 Å². The zero-order valence-electron chi connectivity index (χ0n) is 13.4. The summed E-state index contributed by atoms with van der Waals surface area (Å²) in [4.78, 5) is 39.0. The summed E-state index contributed by atoms with van der Waals surface area (Å²) in [6, 6.07) is 2.79. The fourth-order valence-electron chi connectivity index (χ4n) is 2.33. The number of amides is 4. The van der Waals surface area contributed by atoms with Crippen LogP contribution in [-0.2, 0) is 4.79 Å². The number of nitrogens with one attached hydrogen (secondary N) is 2. The van der Waals surface area contributed by atoms with Gasteiger partial charge in [0.2, 0.25) is 5.91 Å². The third kappa shape index (κ3) is 5.10. The van der Waals surface area contributed by atoms with Crippen LogP contribution in [0.3, 0.4) is 0 Å². The van der Waals surface area contributed by atoms with Crippen molar-refractivity contribution in [1.82, 2.24) is 20.4 Å². The Labute approximate surface area is 134 Å². The van der Waals surface area contributed by atoms with Crippen molar-refractivity contribution in [2.45, 2.75) is 19.9 Å². The zero-order valence-corrected chi connectivity index (χ0v) is 13.4. The normalized spacial score (nSPS) is 15.5. The molecule has 1 aliphatic rings. The number of nitrogens with zero attached hydrogens (tertiary/aromatic N) is 2. The fraction of sp³-hybridized carbons (Fsp3) is 0.533. The first-order valence-corrected chi connectivity index (χ1v) is 7.61. The number of carbonyl (C=O) groups excluding carboxylic acids is 3. The lowest BCUT2D eigenvalue weighted by Gasteiger charge is -2.33. The molecule has 126 valence electrons. The Morgan fingerprint density at radius 3 is 2.48 bits per heavy atom. The molecular weight excluding hydrogens is 300 g/mol. The number of hydrogen-bond acceptors (Lipinski definition) is 5. The number of furan rings is 1. The molecule has 1 saturated heterocycles. The Hall–Kier alpha value is -2.35. The van der Waals surface area contributed by atoms with Crippen molar-refractivity contribution in [3.8, 4) is 0 Å². The van der Waals surface area contributed by atoms with Crippen LogP contribution < -0.4 is 10.6 Å². The van der Waals surface area contributed by atoms with Crippen LogP contribution >= 0.6 is 0 Å². The lowest BCUT2D eigenvalue weighted by Crippen LogP contribution is -2.52. The van der Waals surface area contributed by atoms with E-state index in [1.54, 1.807) is 17.0 Å². The molecule has 0 aromatic carbocycles. The zero-order chi connectivity index (χ0) is 16.8. The second kappa shape index (κ2) is 7.77. The van der Waals surface area contributed by atoms with Crippen molar-refractivity contribution in [3.05, 3.63) is 24.2 Å². The Morgan fingerprint density at radius 1 is 1.22 bits per heavy atom. The van der Waals surface area contributed by atoms with Crippen molar-refractivity contribution >= 4 is 17.8 Å². The molecule has 0 radical (unpaired) electrons. The van der Waals surface area contributed by atoms with E-state index in [2.05, 4.69) is 10.6 Å². The molecule has 2 heterocycles. The summed E-state index contributed by atoms with van der Waals surface area (Å²) in [6.07, 6.45) is 1.47. The maximum absolute atomic E-state index is 12.1. The second-order valence-corrected chi connectivity index (χ2v) is 5.72. The molecule has 1 aromatic heterocycles. The summed E-state index contributed by atoms with van der Waals surface area (Å²) < 4.78 is 5.10. The number of piperazine rings is 1. The summed E-state index contributed by atoms with van der Waals surface area (Å²) in [7, 11) is 0. The molecule has 0 bridgehead atoms. The summed E-state index contributed by atoms with van der Waals surface area (Å²) in [5.74, 6) is -0.175. The van der Waals surface area contributed by atoms with Gasteiger partial charge < -0.3 is 14.6 Å². The van der Waals surface area contributed by atoms with Gasteiger partial charge in [-0.2, -0.15) is 0 Å². The standard InChI is InChI=1S/C15H22N4O4/c1-11(2)16-15(22)17-13(20)10-18-5-7-19(8-6-18)14(21)12-4-3-9-23-12/h3-4,9,11H,5-8,10H2,1-2H3,(H2,16,17,20,22). The molecule has 0 aliphatic carbocycles. The fourth-order valence-corrected chi connectivity index (χ4v) is 2.33. The van der Waals surface area contributed by atoms with E-state index < -0.39 is 6.03 Å². The second-order valence-electron chi connectivity index (χ2n) is 5.72. The van der Waals surface area contributed by atoms with Gasteiger partial charge in [0.15, 0.2) is 5.76 Å². The topological polar surface area (TPSA) is 94.9 Å². The third-order valence-electron chi connectivity index (χ3n) is 3.43. The highest BCUT2D eigenvalue weighted by atomic mass is 16.3. The van der Waals surface area contributed by atoms with Crippen molar-refractivity contribution in [2.24, 2.45) is 0 Å². The molecule has 1 aromatic rings. The highest BCUT2D eigenvalue weighted by Crippen LogP contribution is 2.09. The molecule has 2 N–H and O–H groups in total. The predicted molar refractivity (Wildman–Crippen MR) is 82.9 cm³/mol. The van der Waals surface area contributed by atoms with Crippen LogP contribution in [0.15, 0.2) is 22.8 Å². The number of rotatable bonds is 4. The van der Waals surface area contributed by atoms with E-state index in [0.717, 1.165) is 0 Å². The van der Waals surface area contributed by atoms with E-state index in [9.17, 15) is 14.4 Å². The van der Waals surface area contributed by atoms with Crippen LogP contribution in [0.25, 0.3) is 0 Å². The SMILES string of the molecule is CC(C)NC(=O)NC(=O)CN1CCN(C(=O)c2ccco2)CC1. The molecule has 23 heavy (non-hydrogen) atoms. The van der Waals surface area contributed by atoms with Crippen LogP contribution in [0.5, 0.6) is 0 Å². The van der Waals surface area contributed by atoms with Crippen LogP contribution in [0.4, 0.5) is 4.79 Å². The monoisotopic (exact) mass is 322 g/mol. The van der Waals surface area contributed by atoms with Crippen LogP contribution in [-0.4, -0.2) is 66.4 Å². The lowest BCUT2D eigenvalue weighted by molar-refractivity contribution is -0.121. The van der Waals surface area contributed by atoms with E-state index in [1.807, 2.05) is 18.7 Å². The molecule has 8 nitrogen and oxygen atoms in total. The molecule has 0 spiro atoms. The average Bonchev–Trinajstić information content (AvgIpc) is 3.00. The molecule has 8 heteroatoms. The first-order chi connectivity index (χ1) is 11.0. The van der Waals surface area contributed by atoms with Gasteiger partial charge >= 0.3 is 6.03 Å². The quantitative estimate of drug-likeness (QED) is 0.830. The summed E-state index contributed by atoms with van der Waals surface area (Å²) >= 11 is 0. The third-order valence-corrected chi connectivity index (χ3v) is 3.43. The van der Waals surface area contributed by atoms with Gasteiger partial charge in [0.1, 0.15) is 0 Å². The first kappa shape index (κ1) is 17.0. The number of urea groups is 1. The highest BCUT2D eigenvalue weighted by Gasteiger charge is 2.24.